The molecule has 4 nitrogen and oxygen atoms in total. The molecule has 2 aromatic heterocycles. The van der Waals surface area contributed by atoms with Crippen molar-refractivity contribution in [1.29, 1.82) is 0 Å². The highest BCUT2D eigenvalue weighted by Gasteiger charge is 2.21. The van der Waals surface area contributed by atoms with Crippen molar-refractivity contribution in [3.8, 4) is 5.75 Å². The summed E-state index contributed by atoms with van der Waals surface area (Å²) in [5.74, 6) is 0.913. The third-order valence-corrected chi connectivity index (χ3v) is 3.37. The van der Waals surface area contributed by atoms with Crippen LogP contribution in [-0.2, 0) is 0 Å². The van der Waals surface area contributed by atoms with Crippen LogP contribution in [0.5, 0.6) is 5.75 Å². The fraction of sp³-hybridized carbons (Fsp3) is 0.286. The molecule has 94 valence electrons. The van der Waals surface area contributed by atoms with E-state index >= 15 is 0 Å². The maximum Gasteiger partial charge on any atom is 0.176 e. The molecule has 3 rings (SSSR count). The first-order valence-corrected chi connectivity index (χ1v) is 5.92. The van der Waals surface area contributed by atoms with Gasteiger partial charge in [0.15, 0.2) is 11.3 Å². The molecule has 0 saturated carbocycles. The SMILES string of the molecule is COc1c2ccoc2c(C(C)CN)c2ccoc12. The van der Waals surface area contributed by atoms with E-state index in [1.165, 1.54) is 0 Å². The van der Waals surface area contributed by atoms with Crippen LogP contribution in [-0.4, -0.2) is 13.7 Å². The summed E-state index contributed by atoms with van der Waals surface area (Å²) in [4.78, 5) is 0. The van der Waals surface area contributed by atoms with Gasteiger partial charge in [-0.3, -0.25) is 0 Å². The van der Waals surface area contributed by atoms with Gasteiger partial charge < -0.3 is 19.3 Å². The zero-order valence-corrected chi connectivity index (χ0v) is 10.4. The zero-order valence-electron chi connectivity index (χ0n) is 10.4. The molecular weight excluding hydrogens is 230 g/mol. The molecule has 0 fully saturated rings. The summed E-state index contributed by atoms with van der Waals surface area (Å²) < 4.78 is 16.6. The summed E-state index contributed by atoms with van der Waals surface area (Å²) in [5, 5.41) is 1.93. The standard InChI is InChI=1S/C14H15NO3/c1-8(7-15)11-9-3-5-18-14(9)13(16-2)10-4-6-17-12(10)11/h3-6,8H,7,15H2,1-2H3. The summed E-state index contributed by atoms with van der Waals surface area (Å²) in [5.41, 5.74) is 8.46. The van der Waals surface area contributed by atoms with E-state index in [1.54, 1.807) is 19.6 Å². The molecule has 1 unspecified atom stereocenters. The number of furan rings is 2. The Kier molecular flexibility index (Phi) is 2.52. The molecule has 0 radical (unpaired) electrons. The van der Waals surface area contributed by atoms with Crippen LogP contribution in [0.2, 0.25) is 0 Å². The highest BCUT2D eigenvalue weighted by atomic mass is 16.5. The minimum atomic E-state index is 0.199. The molecule has 0 saturated heterocycles. The minimum absolute atomic E-state index is 0.199. The average Bonchev–Trinajstić information content (AvgIpc) is 3.02. The Labute approximate surface area is 104 Å². The lowest BCUT2D eigenvalue weighted by atomic mass is 9.95. The predicted molar refractivity (Wildman–Crippen MR) is 70.0 cm³/mol. The maximum absolute atomic E-state index is 5.79. The van der Waals surface area contributed by atoms with E-state index < -0.39 is 0 Å². The second-order valence-corrected chi connectivity index (χ2v) is 4.41. The first-order chi connectivity index (χ1) is 8.77. The van der Waals surface area contributed by atoms with Crippen LogP contribution >= 0.6 is 0 Å². The molecule has 0 aliphatic rings. The molecule has 0 spiro atoms. The maximum atomic E-state index is 5.79. The largest absolute Gasteiger partial charge is 0.492 e. The van der Waals surface area contributed by atoms with E-state index in [0.717, 1.165) is 27.5 Å². The van der Waals surface area contributed by atoms with Crippen molar-refractivity contribution in [3.63, 3.8) is 0 Å². The molecular formula is C14H15NO3. The van der Waals surface area contributed by atoms with E-state index in [4.69, 9.17) is 19.3 Å². The molecule has 1 aromatic carbocycles. The summed E-state index contributed by atoms with van der Waals surface area (Å²) in [7, 11) is 1.63. The first-order valence-electron chi connectivity index (χ1n) is 5.92. The van der Waals surface area contributed by atoms with Gasteiger partial charge in [-0.05, 0) is 24.6 Å². The van der Waals surface area contributed by atoms with Crippen molar-refractivity contribution in [2.45, 2.75) is 12.8 Å². The number of benzene rings is 1. The Balaban J connectivity index is 2.50. The van der Waals surface area contributed by atoms with Gasteiger partial charge in [0, 0.05) is 10.9 Å². The molecule has 0 aliphatic carbocycles. The molecule has 0 bridgehead atoms. The lowest BCUT2D eigenvalue weighted by Crippen LogP contribution is -2.09. The van der Waals surface area contributed by atoms with Gasteiger partial charge in [0.1, 0.15) is 5.58 Å². The van der Waals surface area contributed by atoms with Crippen molar-refractivity contribution in [2.75, 3.05) is 13.7 Å². The molecule has 18 heavy (non-hydrogen) atoms. The van der Waals surface area contributed by atoms with Crippen molar-refractivity contribution in [1.82, 2.24) is 0 Å². The number of ether oxygens (including phenoxy) is 1. The van der Waals surface area contributed by atoms with E-state index in [-0.39, 0.29) is 5.92 Å². The van der Waals surface area contributed by atoms with Crippen LogP contribution in [0.3, 0.4) is 0 Å². The van der Waals surface area contributed by atoms with Gasteiger partial charge in [-0.1, -0.05) is 6.92 Å². The van der Waals surface area contributed by atoms with Gasteiger partial charge in [0.25, 0.3) is 0 Å². The number of hydrogen-bond acceptors (Lipinski definition) is 4. The summed E-state index contributed by atoms with van der Waals surface area (Å²) in [6.07, 6.45) is 3.33. The predicted octanol–water partition coefficient (Wildman–Crippen LogP) is 3.25. The van der Waals surface area contributed by atoms with Gasteiger partial charge >= 0.3 is 0 Å². The average molecular weight is 245 g/mol. The molecule has 4 heteroatoms. The van der Waals surface area contributed by atoms with Crippen molar-refractivity contribution in [2.24, 2.45) is 5.73 Å². The van der Waals surface area contributed by atoms with E-state index in [2.05, 4.69) is 6.92 Å². The van der Waals surface area contributed by atoms with Gasteiger partial charge in [0.05, 0.1) is 25.0 Å². The molecule has 0 aliphatic heterocycles. The monoisotopic (exact) mass is 245 g/mol. The number of hydrogen-bond donors (Lipinski definition) is 1. The van der Waals surface area contributed by atoms with Crippen molar-refractivity contribution < 1.29 is 13.6 Å². The molecule has 2 N–H and O–H groups in total. The number of methoxy groups -OCH3 is 1. The van der Waals surface area contributed by atoms with Gasteiger partial charge in [0.2, 0.25) is 0 Å². The van der Waals surface area contributed by atoms with E-state index in [0.29, 0.717) is 12.3 Å². The van der Waals surface area contributed by atoms with Gasteiger partial charge in [-0.15, -0.1) is 0 Å². The molecule has 2 heterocycles. The Morgan fingerprint density at radius 2 is 1.83 bits per heavy atom. The minimum Gasteiger partial charge on any atom is -0.492 e. The van der Waals surface area contributed by atoms with Gasteiger partial charge in [-0.2, -0.15) is 0 Å². The van der Waals surface area contributed by atoms with Crippen molar-refractivity contribution in [3.05, 3.63) is 30.2 Å². The molecule has 3 aromatic rings. The van der Waals surface area contributed by atoms with Crippen LogP contribution in [0.4, 0.5) is 0 Å². The Bertz CT molecular complexity index is 644. The third kappa shape index (κ3) is 1.36. The fourth-order valence-corrected chi connectivity index (χ4v) is 2.45. The number of fused-ring (bicyclic) bond motifs is 2. The summed E-state index contributed by atoms with van der Waals surface area (Å²) in [6, 6.07) is 3.82. The highest BCUT2D eigenvalue weighted by Crippen LogP contribution is 2.41. The van der Waals surface area contributed by atoms with Crippen LogP contribution in [0.25, 0.3) is 21.9 Å². The number of rotatable bonds is 3. The molecule has 1 atom stereocenters. The first kappa shape index (κ1) is 11.2. The summed E-state index contributed by atoms with van der Waals surface area (Å²) >= 11 is 0. The topological polar surface area (TPSA) is 61.5 Å². The van der Waals surface area contributed by atoms with Crippen molar-refractivity contribution >= 4 is 21.9 Å². The lowest BCUT2D eigenvalue weighted by Gasteiger charge is -2.13. The van der Waals surface area contributed by atoms with Crippen LogP contribution < -0.4 is 10.5 Å². The van der Waals surface area contributed by atoms with E-state index in [1.807, 2.05) is 12.1 Å². The smallest absolute Gasteiger partial charge is 0.176 e. The van der Waals surface area contributed by atoms with Crippen LogP contribution in [0.1, 0.15) is 18.4 Å². The lowest BCUT2D eigenvalue weighted by molar-refractivity contribution is 0.415. The van der Waals surface area contributed by atoms with Gasteiger partial charge in [-0.25, -0.2) is 0 Å². The van der Waals surface area contributed by atoms with Crippen LogP contribution in [0, 0.1) is 0 Å². The number of nitrogens with two attached hydrogens (primary N) is 1. The fourth-order valence-electron chi connectivity index (χ4n) is 2.45. The second kappa shape index (κ2) is 4.07. The second-order valence-electron chi connectivity index (χ2n) is 4.41. The zero-order chi connectivity index (χ0) is 12.7. The Morgan fingerprint density at radius 3 is 2.50 bits per heavy atom. The Morgan fingerprint density at radius 1 is 1.17 bits per heavy atom. The normalized spacial score (nSPS) is 13.3. The Hall–Kier alpha value is -1.94. The molecule has 0 amide bonds. The van der Waals surface area contributed by atoms with Crippen LogP contribution in [0.15, 0.2) is 33.5 Å². The third-order valence-electron chi connectivity index (χ3n) is 3.37. The highest BCUT2D eigenvalue weighted by molar-refractivity contribution is 6.04. The summed E-state index contributed by atoms with van der Waals surface area (Å²) in [6.45, 7) is 2.64. The van der Waals surface area contributed by atoms with E-state index in [9.17, 15) is 0 Å². The quantitative estimate of drug-likeness (QED) is 0.769.